The molecule has 0 aliphatic rings. The third-order valence-corrected chi connectivity index (χ3v) is 13.6. The van der Waals surface area contributed by atoms with E-state index in [1.165, 1.54) is 49.6 Å². The van der Waals surface area contributed by atoms with Crippen molar-refractivity contribution in [1.29, 1.82) is 0 Å². The van der Waals surface area contributed by atoms with Crippen LogP contribution in [-0.2, 0) is 4.52 Å². The van der Waals surface area contributed by atoms with Crippen LogP contribution in [0.4, 0.5) is 0 Å². The number of hydrogen-bond acceptors (Lipinski definition) is 2. The van der Waals surface area contributed by atoms with E-state index >= 15 is 0 Å². The monoisotopic (exact) mass is 496 g/mol. The van der Waals surface area contributed by atoms with Crippen molar-refractivity contribution in [3.8, 4) is 0 Å². The van der Waals surface area contributed by atoms with Crippen LogP contribution < -0.4 is 15.9 Å². The summed E-state index contributed by atoms with van der Waals surface area (Å²) in [6.45, 7) is 19.7. The molecule has 3 rings (SSSR count). The third kappa shape index (κ3) is 5.47. The summed E-state index contributed by atoms with van der Waals surface area (Å²) in [4.78, 5) is 12.0. The Balaban J connectivity index is 2.14. The second-order valence-corrected chi connectivity index (χ2v) is 15.3. The maximum atomic E-state index is 12.0. The van der Waals surface area contributed by atoms with Crippen LogP contribution in [0.5, 0.6) is 0 Å². The second kappa shape index (κ2) is 10.6. The van der Waals surface area contributed by atoms with Gasteiger partial charge in [0.25, 0.3) is 0 Å². The van der Waals surface area contributed by atoms with Gasteiger partial charge in [-0.25, -0.2) is 0 Å². The van der Waals surface area contributed by atoms with Crippen molar-refractivity contribution >= 4 is 31.6 Å². The van der Waals surface area contributed by atoms with E-state index in [9.17, 15) is 4.89 Å². The van der Waals surface area contributed by atoms with Crippen molar-refractivity contribution in [1.82, 2.24) is 0 Å². The topological polar surface area (TPSA) is 29.5 Å². The molecule has 3 aromatic carbocycles. The molecule has 0 spiro atoms. The Hall–Kier alpha value is -1.56. The summed E-state index contributed by atoms with van der Waals surface area (Å²) in [5, 5.41) is 3.96. The molecule has 0 saturated carbocycles. The van der Waals surface area contributed by atoms with E-state index < -0.39 is 15.6 Å². The summed E-state index contributed by atoms with van der Waals surface area (Å²) in [5.74, 6) is 0. The first-order valence-corrected chi connectivity index (χ1v) is 15.8. The van der Waals surface area contributed by atoms with Crippen LogP contribution >= 0.6 is 15.6 Å². The van der Waals surface area contributed by atoms with E-state index in [0.717, 1.165) is 22.6 Å². The van der Waals surface area contributed by atoms with Crippen LogP contribution in [0.25, 0.3) is 0 Å². The van der Waals surface area contributed by atoms with Gasteiger partial charge < -0.3 is 0 Å². The molecule has 4 heteroatoms. The van der Waals surface area contributed by atoms with Crippen LogP contribution in [0, 0.1) is 62.3 Å². The fourth-order valence-electron chi connectivity index (χ4n) is 5.92. The standard InChI is InChI=1S/C30H42O2P2/c1-19-13-22(4)28(23(5)14-19)33(29-24(6)15-20(2)16-25(29)7)11-12-34(31,32-10)30-26(8)17-21(3)18-27(30)9/h13-18,31,34H,11-12H2,1-10H3. The fourth-order valence-corrected chi connectivity index (χ4v) is 12.7. The van der Waals surface area contributed by atoms with Gasteiger partial charge in [-0.1, -0.05) is 0 Å². The van der Waals surface area contributed by atoms with E-state index in [1.54, 1.807) is 7.11 Å². The molecule has 0 saturated heterocycles. The van der Waals surface area contributed by atoms with Gasteiger partial charge in [-0.15, -0.1) is 0 Å². The van der Waals surface area contributed by atoms with Gasteiger partial charge in [0, 0.05) is 0 Å². The van der Waals surface area contributed by atoms with Gasteiger partial charge in [0.1, 0.15) is 0 Å². The zero-order chi connectivity index (χ0) is 25.4. The average Bonchev–Trinajstić information content (AvgIpc) is 2.69. The van der Waals surface area contributed by atoms with E-state index in [-0.39, 0.29) is 0 Å². The molecule has 2 nitrogen and oxygen atoms in total. The van der Waals surface area contributed by atoms with E-state index in [0.29, 0.717) is 6.16 Å². The summed E-state index contributed by atoms with van der Waals surface area (Å²) >= 11 is 0. The molecular weight excluding hydrogens is 454 g/mol. The van der Waals surface area contributed by atoms with Crippen molar-refractivity contribution in [2.24, 2.45) is 0 Å². The van der Waals surface area contributed by atoms with Crippen LogP contribution in [-0.4, -0.2) is 24.3 Å². The Morgan fingerprint density at radius 2 is 0.941 bits per heavy atom. The van der Waals surface area contributed by atoms with Crippen LogP contribution in [0.15, 0.2) is 36.4 Å². The molecule has 0 atom stereocenters. The van der Waals surface area contributed by atoms with Gasteiger partial charge >= 0.3 is 209 Å². The van der Waals surface area contributed by atoms with Crippen LogP contribution in [0.2, 0.25) is 0 Å². The van der Waals surface area contributed by atoms with E-state index in [2.05, 4.69) is 98.7 Å². The third-order valence-electron chi connectivity index (χ3n) is 6.89. The summed E-state index contributed by atoms with van der Waals surface area (Å²) < 4.78 is 6.01. The van der Waals surface area contributed by atoms with E-state index in [4.69, 9.17) is 4.52 Å². The molecular formula is C30H42O2P2. The molecule has 0 fully saturated rings. The first-order valence-electron chi connectivity index (χ1n) is 12.2. The zero-order valence-corrected chi connectivity index (χ0v) is 24.6. The van der Waals surface area contributed by atoms with Crippen molar-refractivity contribution < 1.29 is 9.42 Å². The Kier molecular flexibility index (Phi) is 8.42. The summed E-state index contributed by atoms with van der Waals surface area (Å²) in [5.41, 5.74) is 11.5. The summed E-state index contributed by atoms with van der Waals surface area (Å²) in [6.07, 6.45) is 1.59. The predicted molar refractivity (Wildman–Crippen MR) is 155 cm³/mol. The summed E-state index contributed by atoms with van der Waals surface area (Å²) in [7, 11) is -2.07. The SMILES string of the molecule is CO[PH](O)(CCP(c1c(C)cc(C)cc1C)c1c(C)cc(C)cc1C)c1c(C)cc(C)cc1C. The van der Waals surface area contributed by atoms with Gasteiger partial charge in [-0.2, -0.15) is 0 Å². The number of benzene rings is 3. The fraction of sp³-hybridized carbons (Fsp3) is 0.400. The zero-order valence-electron chi connectivity index (χ0n) is 22.7. The molecule has 0 radical (unpaired) electrons. The van der Waals surface area contributed by atoms with E-state index in [1.807, 2.05) is 0 Å². The molecule has 0 unspecified atom stereocenters. The Morgan fingerprint density at radius 3 is 1.26 bits per heavy atom. The molecule has 0 heterocycles. The molecule has 184 valence electrons. The minimum atomic E-state index is -3.12. The predicted octanol–water partition coefficient (Wildman–Crippen LogP) is 6.44. The minimum absolute atomic E-state index is 0.650. The Bertz CT molecular complexity index is 1090. The normalized spacial score (nSPS) is 12.5. The molecule has 0 amide bonds. The number of rotatable bonds is 7. The van der Waals surface area contributed by atoms with Gasteiger partial charge in [0.2, 0.25) is 0 Å². The molecule has 0 aliphatic carbocycles. The van der Waals surface area contributed by atoms with Crippen LogP contribution in [0.3, 0.4) is 0 Å². The first kappa shape index (κ1) is 27.0. The van der Waals surface area contributed by atoms with Crippen molar-refractivity contribution in [3.63, 3.8) is 0 Å². The van der Waals surface area contributed by atoms with Gasteiger partial charge in [0.15, 0.2) is 0 Å². The molecule has 0 aliphatic heterocycles. The molecule has 1 N–H and O–H groups in total. The van der Waals surface area contributed by atoms with Gasteiger partial charge in [0.05, 0.1) is 0 Å². The first-order chi connectivity index (χ1) is 15.9. The quantitative estimate of drug-likeness (QED) is 0.382. The molecule has 0 aromatic heterocycles. The molecule has 34 heavy (non-hydrogen) atoms. The molecule has 0 bridgehead atoms. The average molecular weight is 497 g/mol. The molecule has 3 aromatic rings. The van der Waals surface area contributed by atoms with Gasteiger partial charge in [-0.3, -0.25) is 0 Å². The summed E-state index contributed by atoms with van der Waals surface area (Å²) in [6, 6.07) is 13.6. The van der Waals surface area contributed by atoms with Crippen molar-refractivity contribution in [2.45, 2.75) is 62.3 Å². The van der Waals surface area contributed by atoms with Crippen molar-refractivity contribution in [3.05, 3.63) is 86.5 Å². The number of aryl methyl sites for hydroxylation is 9. The number of hydrogen-bond donors (Lipinski definition) is 1. The van der Waals surface area contributed by atoms with Gasteiger partial charge in [-0.05, 0) is 0 Å². The maximum absolute atomic E-state index is 12.0. The second-order valence-electron chi connectivity index (χ2n) is 10.2. The van der Waals surface area contributed by atoms with Crippen LogP contribution in [0.1, 0.15) is 50.1 Å². The van der Waals surface area contributed by atoms with Crippen molar-refractivity contribution in [2.75, 3.05) is 19.4 Å². The Morgan fingerprint density at radius 1 is 0.618 bits per heavy atom. The Labute approximate surface area is 209 Å².